The predicted molar refractivity (Wildman–Crippen MR) is 119 cm³/mol. The van der Waals surface area contributed by atoms with Crippen LogP contribution < -0.4 is 10.2 Å². The first kappa shape index (κ1) is 21.1. The molecule has 0 bridgehead atoms. The zero-order chi connectivity index (χ0) is 20.3. The molecule has 1 aliphatic rings. The van der Waals surface area contributed by atoms with E-state index in [-0.39, 0.29) is 18.4 Å². The number of piperazine rings is 1. The van der Waals surface area contributed by atoms with E-state index in [9.17, 15) is 9.59 Å². The Bertz CT molecular complexity index is 867. The highest BCUT2D eigenvalue weighted by molar-refractivity contribution is 9.11. The van der Waals surface area contributed by atoms with Gasteiger partial charge in [-0.3, -0.25) is 9.59 Å². The lowest BCUT2D eigenvalue weighted by Crippen LogP contribution is -2.44. The molecule has 2 amide bonds. The molecule has 1 N–H and O–H groups in total. The third kappa shape index (κ3) is 5.26. The smallest absolute Gasteiger partial charge is 0.264 e. The number of hydrogen-bond acceptors (Lipinski definition) is 5. The second-order valence-corrected chi connectivity index (χ2v) is 9.66. The van der Waals surface area contributed by atoms with E-state index >= 15 is 0 Å². The average molecular weight is 486 g/mol. The van der Waals surface area contributed by atoms with Gasteiger partial charge in [0.2, 0.25) is 5.91 Å². The number of halogens is 2. The van der Waals surface area contributed by atoms with Gasteiger partial charge in [0.15, 0.2) is 0 Å². The van der Waals surface area contributed by atoms with E-state index in [1.807, 2.05) is 18.2 Å². The van der Waals surface area contributed by atoms with Gasteiger partial charge >= 0.3 is 0 Å². The minimum absolute atomic E-state index is 0.0386. The summed E-state index contributed by atoms with van der Waals surface area (Å²) >= 11 is 10.8. The Labute approximate surface area is 182 Å². The zero-order valence-corrected chi connectivity index (χ0v) is 18.9. The van der Waals surface area contributed by atoms with Gasteiger partial charge in [-0.2, -0.15) is 0 Å². The molecule has 0 aliphatic carbocycles. The number of carbonyl (C=O) groups is 2. The lowest BCUT2D eigenvalue weighted by atomic mass is 10.2. The summed E-state index contributed by atoms with van der Waals surface area (Å²) < 4.78 is 0.879. The van der Waals surface area contributed by atoms with Crippen LogP contribution in [0.15, 0.2) is 34.1 Å². The second kappa shape index (κ2) is 9.26. The second-order valence-electron chi connectivity index (χ2n) is 6.76. The SMILES string of the molecule is CN1CCN(c2ccc(Cl)cc2NC(=O)CN(C)C(=O)c2ccc(Br)s2)CC1. The van der Waals surface area contributed by atoms with Crippen LogP contribution in [0.1, 0.15) is 9.67 Å². The van der Waals surface area contributed by atoms with Crippen LogP contribution in [0, 0.1) is 0 Å². The van der Waals surface area contributed by atoms with Crippen molar-refractivity contribution in [2.24, 2.45) is 0 Å². The van der Waals surface area contributed by atoms with Crippen molar-refractivity contribution in [3.05, 3.63) is 44.0 Å². The van der Waals surface area contributed by atoms with Crippen molar-refractivity contribution in [1.82, 2.24) is 9.80 Å². The standard InChI is InChI=1S/C19H22BrClN4O2S/c1-23-7-9-25(10-8-23)15-4-3-13(21)11-14(15)22-18(26)12-24(2)19(27)16-5-6-17(20)28-16/h3-6,11H,7-10,12H2,1-2H3,(H,22,26). The van der Waals surface area contributed by atoms with E-state index in [1.54, 1.807) is 19.2 Å². The highest BCUT2D eigenvalue weighted by Gasteiger charge is 2.20. The first-order valence-corrected chi connectivity index (χ1v) is 10.9. The van der Waals surface area contributed by atoms with E-state index in [4.69, 9.17) is 11.6 Å². The summed E-state index contributed by atoms with van der Waals surface area (Å²) in [6, 6.07) is 9.08. The van der Waals surface area contributed by atoms with E-state index in [0.29, 0.717) is 15.6 Å². The molecule has 2 aromatic rings. The largest absolute Gasteiger partial charge is 0.367 e. The summed E-state index contributed by atoms with van der Waals surface area (Å²) in [5.74, 6) is -0.444. The molecule has 0 unspecified atom stereocenters. The fourth-order valence-electron chi connectivity index (χ4n) is 3.03. The van der Waals surface area contributed by atoms with Crippen molar-refractivity contribution in [2.75, 3.05) is 57.0 Å². The van der Waals surface area contributed by atoms with Crippen LogP contribution in [0.2, 0.25) is 5.02 Å². The number of carbonyl (C=O) groups excluding carboxylic acids is 2. The number of rotatable bonds is 5. The van der Waals surface area contributed by atoms with Crippen molar-refractivity contribution in [3.8, 4) is 0 Å². The maximum absolute atomic E-state index is 12.6. The molecule has 1 aliphatic heterocycles. The molecular weight excluding hydrogens is 464 g/mol. The highest BCUT2D eigenvalue weighted by Crippen LogP contribution is 2.30. The Morgan fingerprint density at radius 1 is 1.21 bits per heavy atom. The minimum atomic E-state index is -0.260. The van der Waals surface area contributed by atoms with Gasteiger partial charge in [0, 0.05) is 38.2 Å². The van der Waals surface area contributed by atoms with Crippen molar-refractivity contribution >= 4 is 62.1 Å². The van der Waals surface area contributed by atoms with Gasteiger partial charge in [-0.25, -0.2) is 0 Å². The van der Waals surface area contributed by atoms with Gasteiger partial charge < -0.3 is 20.0 Å². The summed E-state index contributed by atoms with van der Waals surface area (Å²) in [4.78, 5) is 31.5. The summed E-state index contributed by atoms with van der Waals surface area (Å²) in [7, 11) is 3.72. The maximum Gasteiger partial charge on any atom is 0.264 e. The Balaban J connectivity index is 1.67. The molecule has 150 valence electrons. The predicted octanol–water partition coefficient (Wildman–Crippen LogP) is 3.63. The molecule has 0 saturated carbocycles. The quantitative estimate of drug-likeness (QED) is 0.703. The number of benzene rings is 1. The van der Waals surface area contributed by atoms with Crippen LogP contribution in [0.25, 0.3) is 0 Å². The molecule has 3 rings (SSSR count). The van der Waals surface area contributed by atoms with Gasteiger partial charge in [-0.05, 0) is 53.3 Å². The minimum Gasteiger partial charge on any atom is -0.367 e. The average Bonchev–Trinajstić information content (AvgIpc) is 3.08. The van der Waals surface area contributed by atoms with Crippen molar-refractivity contribution in [2.45, 2.75) is 0 Å². The summed E-state index contributed by atoms with van der Waals surface area (Å²) in [6.45, 7) is 3.65. The molecule has 28 heavy (non-hydrogen) atoms. The molecule has 0 atom stereocenters. The van der Waals surface area contributed by atoms with Crippen molar-refractivity contribution in [1.29, 1.82) is 0 Å². The third-order valence-corrected chi connectivity index (χ3v) is 6.43. The molecule has 1 aromatic carbocycles. The van der Waals surface area contributed by atoms with E-state index in [0.717, 1.165) is 35.7 Å². The molecule has 1 aromatic heterocycles. The number of nitrogens with one attached hydrogen (secondary N) is 1. The summed E-state index contributed by atoms with van der Waals surface area (Å²) in [6.07, 6.45) is 0. The fraction of sp³-hybridized carbons (Fsp3) is 0.368. The first-order valence-electron chi connectivity index (χ1n) is 8.87. The van der Waals surface area contributed by atoms with Crippen LogP contribution in [0.3, 0.4) is 0 Å². The van der Waals surface area contributed by atoms with Crippen molar-refractivity contribution < 1.29 is 9.59 Å². The summed E-state index contributed by atoms with van der Waals surface area (Å²) in [5.41, 5.74) is 1.61. The number of likely N-dealkylation sites (N-methyl/N-ethyl adjacent to an activating group) is 2. The summed E-state index contributed by atoms with van der Waals surface area (Å²) in [5, 5.41) is 3.48. The number of anilines is 2. The van der Waals surface area contributed by atoms with Gasteiger partial charge in [-0.15, -0.1) is 11.3 Å². The molecule has 6 nitrogen and oxygen atoms in total. The lowest BCUT2D eigenvalue weighted by molar-refractivity contribution is -0.116. The number of hydrogen-bond donors (Lipinski definition) is 1. The molecule has 1 saturated heterocycles. The highest BCUT2D eigenvalue weighted by atomic mass is 79.9. The normalized spacial score (nSPS) is 14.8. The van der Waals surface area contributed by atoms with Crippen molar-refractivity contribution in [3.63, 3.8) is 0 Å². The van der Waals surface area contributed by atoms with Crippen LogP contribution in [-0.4, -0.2) is 68.4 Å². The van der Waals surface area contributed by atoms with E-state index in [2.05, 4.69) is 38.1 Å². The fourth-order valence-corrected chi connectivity index (χ4v) is 4.58. The molecule has 2 heterocycles. The number of amides is 2. The van der Waals surface area contributed by atoms with Gasteiger partial charge in [0.05, 0.1) is 26.6 Å². The lowest BCUT2D eigenvalue weighted by Gasteiger charge is -2.35. The number of thiophene rings is 1. The first-order chi connectivity index (χ1) is 13.3. The maximum atomic E-state index is 12.6. The molecule has 9 heteroatoms. The van der Waals surface area contributed by atoms with Crippen LogP contribution in [-0.2, 0) is 4.79 Å². The van der Waals surface area contributed by atoms with Gasteiger partial charge in [0.1, 0.15) is 0 Å². The molecule has 1 fully saturated rings. The van der Waals surface area contributed by atoms with Gasteiger partial charge in [-0.1, -0.05) is 11.6 Å². The van der Waals surface area contributed by atoms with E-state index in [1.165, 1.54) is 16.2 Å². The Kier molecular flexibility index (Phi) is 6.98. The number of nitrogens with zero attached hydrogens (tertiary/aromatic N) is 3. The van der Waals surface area contributed by atoms with Crippen LogP contribution in [0.5, 0.6) is 0 Å². The van der Waals surface area contributed by atoms with Crippen LogP contribution in [0.4, 0.5) is 11.4 Å². The monoisotopic (exact) mass is 484 g/mol. The third-order valence-electron chi connectivity index (χ3n) is 4.59. The topological polar surface area (TPSA) is 55.9 Å². The Hall–Kier alpha value is -1.61. The Morgan fingerprint density at radius 3 is 2.57 bits per heavy atom. The molecule has 0 radical (unpaired) electrons. The molecule has 0 spiro atoms. The zero-order valence-electron chi connectivity index (χ0n) is 15.7. The Morgan fingerprint density at radius 2 is 1.93 bits per heavy atom. The molecular formula is C19H22BrClN4O2S. The van der Waals surface area contributed by atoms with Gasteiger partial charge in [0.25, 0.3) is 5.91 Å². The van der Waals surface area contributed by atoms with E-state index < -0.39 is 0 Å². The van der Waals surface area contributed by atoms with Crippen LogP contribution >= 0.6 is 38.9 Å².